The SMILES string of the molecule is CCOC(=O)CN(C)C(=O)c1ccc(Cl)cc1F. The van der Waals surface area contributed by atoms with E-state index in [1.807, 2.05) is 0 Å². The highest BCUT2D eigenvalue weighted by Gasteiger charge is 2.18. The van der Waals surface area contributed by atoms with Crippen LogP contribution in [0.4, 0.5) is 4.39 Å². The van der Waals surface area contributed by atoms with Crippen LogP contribution in [-0.2, 0) is 9.53 Å². The molecule has 0 aromatic heterocycles. The van der Waals surface area contributed by atoms with E-state index in [0.29, 0.717) is 0 Å². The molecule has 1 aromatic carbocycles. The molecule has 6 heteroatoms. The van der Waals surface area contributed by atoms with Crippen molar-refractivity contribution in [3.8, 4) is 0 Å². The van der Waals surface area contributed by atoms with E-state index in [1.54, 1.807) is 6.92 Å². The van der Waals surface area contributed by atoms with Crippen molar-refractivity contribution < 1.29 is 18.7 Å². The number of amides is 1. The van der Waals surface area contributed by atoms with E-state index >= 15 is 0 Å². The minimum absolute atomic E-state index is 0.133. The monoisotopic (exact) mass is 273 g/mol. The summed E-state index contributed by atoms with van der Waals surface area (Å²) in [5.74, 6) is -1.86. The van der Waals surface area contributed by atoms with Gasteiger partial charge in [0.2, 0.25) is 0 Å². The summed E-state index contributed by atoms with van der Waals surface area (Å²) in [5, 5.41) is 0.206. The average Bonchev–Trinajstić information content (AvgIpc) is 2.28. The summed E-state index contributed by atoms with van der Waals surface area (Å²) in [4.78, 5) is 24.1. The number of likely N-dealkylation sites (N-methyl/N-ethyl adjacent to an activating group) is 1. The number of hydrogen-bond donors (Lipinski definition) is 0. The number of carbonyl (C=O) groups is 2. The number of carbonyl (C=O) groups excluding carboxylic acids is 2. The predicted molar refractivity (Wildman–Crippen MR) is 65.0 cm³/mol. The Kier molecular flexibility index (Phi) is 5.09. The maximum Gasteiger partial charge on any atom is 0.325 e. The normalized spacial score (nSPS) is 10.0. The lowest BCUT2D eigenvalue weighted by molar-refractivity contribution is -0.143. The molecule has 0 aliphatic carbocycles. The van der Waals surface area contributed by atoms with Crippen molar-refractivity contribution in [2.24, 2.45) is 0 Å². The van der Waals surface area contributed by atoms with E-state index in [-0.39, 0.29) is 23.7 Å². The average molecular weight is 274 g/mol. The van der Waals surface area contributed by atoms with Crippen molar-refractivity contribution >= 4 is 23.5 Å². The lowest BCUT2D eigenvalue weighted by Crippen LogP contribution is -2.33. The summed E-state index contributed by atoms with van der Waals surface area (Å²) in [7, 11) is 1.40. The van der Waals surface area contributed by atoms with E-state index in [1.165, 1.54) is 19.2 Å². The van der Waals surface area contributed by atoms with Crippen LogP contribution in [0, 0.1) is 5.82 Å². The van der Waals surface area contributed by atoms with Crippen molar-refractivity contribution in [3.63, 3.8) is 0 Å². The fourth-order valence-electron chi connectivity index (χ4n) is 1.34. The first-order valence-corrected chi connectivity index (χ1v) is 5.69. The Hall–Kier alpha value is -1.62. The zero-order valence-electron chi connectivity index (χ0n) is 10.1. The Bertz CT molecular complexity index is 465. The van der Waals surface area contributed by atoms with Crippen LogP contribution < -0.4 is 0 Å². The Morgan fingerprint density at radius 3 is 2.67 bits per heavy atom. The van der Waals surface area contributed by atoms with Crippen molar-refractivity contribution in [3.05, 3.63) is 34.6 Å². The first kappa shape index (κ1) is 14.4. The zero-order chi connectivity index (χ0) is 13.7. The van der Waals surface area contributed by atoms with Crippen molar-refractivity contribution in [2.75, 3.05) is 20.2 Å². The molecule has 0 saturated carbocycles. The number of rotatable bonds is 4. The number of nitrogens with zero attached hydrogens (tertiary/aromatic N) is 1. The Morgan fingerprint density at radius 2 is 2.11 bits per heavy atom. The Morgan fingerprint density at radius 1 is 1.44 bits per heavy atom. The van der Waals surface area contributed by atoms with E-state index in [9.17, 15) is 14.0 Å². The van der Waals surface area contributed by atoms with Gasteiger partial charge in [-0.1, -0.05) is 11.6 Å². The van der Waals surface area contributed by atoms with Gasteiger partial charge in [-0.15, -0.1) is 0 Å². The molecule has 0 atom stereocenters. The first-order valence-electron chi connectivity index (χ1n) is 5.31. The molecule has 18 heavy (non-hydrogen) atoms. The highest BCUT2D eigenvalue weighted by atomic mass is 35.5. The van der Waals surface area contributed by atoms with Crippen molar-refractivity contribution in [2.45, 2.75) is 6.92 Å². The Balaban J connectivity index is 2.77. The zero-order valence-corrected chi connectivity index (χ0v) is 10.8. The summed E-state index contributed by atoms with van der Waals surface area (Å²) in [6.45, 7) is 1.67. The third kappa shape index (κ3) is 3.70. The van der Waals surface area contributed by atoms with Gasteiger partial charge in [-0.3, -0.25) is 9.59 Å². The van der Waals surface area contributed by atoms with Crippen LogP contribution in [-0.4, -0.2) is 37.0 Å². The third-order valence-corrected chi connectivity index (χ3v) is 2.41. The number of ether oxygens (including phenoxy) is 1. The summed E-state index contributed by atoms with van der Waals surface area (Å²) >= 11 is 5.59. The van der Waals surface area contributed by atoms with Gasteiger partial charge in [0.25, 0.3) is 5.91 Å². The van der Waals surface area contributed by atoms with E-state index in [4.69, 9.17) is 16.3 Å². The van der Waals surface area contributed by atoms with E-state index < -0.39 is 17.7 Å². The molecular weight excluding hydrogens is 261 g/mol. The molecule has 0 heterocycles. The van der Waals surface area contributed by atoms with Crippen molar-refractivity contribution in [1.29, 1.82) is 0 Å². The molecule has 0 bridgehead atoms. The molecule has 98 valence electrons. The lowest BCUT2D eigenvalue weighted by atomic mass is 10.2. The smallest absolute Gasteiger partial charge is 0.325 e. The summed E-state index contributed by atoms with van der Waals surface area (Å²) in [5.41, 5.74) is -0.133. The Labute approximate surface area is 109 Å². The second-order valence-corrected chi connectivity index (χ2v) is 4.03. The van der Waals surface area contributed by atoms with Crippen LogP contribution in [0.3, 0.4) is 0 Å². The summed E-state index contributed by atoms with van der Waals surface area (Å²) in [6.07, 6.45) is 0. The van der Waals surface area contributed by atoms with Crippen LogP contribution in [0.2, 0.25) is 5.02 Å². The highest BCUT2D eigenvalue weighted by molar-refractivity contribution is 6.30. The van der Waals surface area contributed by atoms with Gasteiger partial charge in [-0.2, -0.15) is 0 Å². The van der Waals surface area contributed by atoms with E-state index in [2.05, 4.69) is 0 Å². The highest BCUT2D eigenvalue weighted by Crippen LogP contribution is 2.15. The van der Waals surface area contributed by atoms with E-state index in [0.717, 1.165) is 11.0 Å². The number of benzene rings is 1. The molecule has 1 rings (SSSR count). The molecule has 0 unspecified atom stereocenters. The molecule has 0 N–H and O–H groups in total. The van der Waals surface area contributed by atoms with Crippen molar-refractivity contribution in [1.82, 2.24) is 4.90 Å². The van der Waals surface area contributed by atoms with Gasteiger partial charge in [0.1, 0.15) is 12.4 Å². The minimum Gasteiger partial charge on any atom is -0.465 e. The molecule has 0 aliphatic heterocycles. The molecule has 4 nitrogen and oxygen atoms in total. The first-order chi connectivity index (χ1) is 8.45. The van der Waals surface area contributed by atoms with Gasteiger partial charge in [0.15, 0.2) is 0 Å². The quantitative estimate of drug-likeness (QED) is 0.790. The van der Waals surface area contributed by atoms with Gasteiger partial charge in [-0.25, -0.2) is 4.39 Å². The topological polar surface area (TPSA) is 46.6 Å². The molecule has 1 amide bonds. The minimum atomic E-state index is -0.719. The standard InChI is InChI=1S/C12H13ClFNO3/c1-3-18-11(16)7-15(2)12(17)9-5-4-8(13)6-10(9)14/h4-6H,3,7H2,1-2H3. The molecule has 0 spiro atoms. The van der Waals surface area contributed by atoms with Gasteiger partial charge < -0.3 is 9.64 Å². The molecule has 0 radical (unpaired) electrons. The third-order valence-electron chi connectivity index (χ3n) is 2.18. The molecular formula is C12H13ClFNO3. The van der Waals surface area contributed by atoms with Gasteiger partial charge in [-0.05, 0) is 25.1 Å². The fraction of sp³-hybridized carbons (Fsp3) is 0.333. The number of hydrogen-bond acceptors (Lipinski definition) is 3. The van der Waals surface area contributed by atoms with Gasteiger partial charge in [0.05, 0.1) is 12.2 Å². The van der Waals surface area contributed by atoms with Crippen LogP contribution in [0.15, 0.2) is 18.2 Å². The van der Waals surface area contributed by atoms with Crippen LogP contribution >= 0.6 is 11.6 Å². The second-order valence-electron chi connectivity index (χ2n) is 3.59. The molecule has 0 fully saturated rings. The van der Waals surface area contributed by atoms with Gasteiger partial charge >= 0.3 is 5.97 Å². The van der Waals surface area contributed by atoms with Gasteiger partial charge in [0, 0.05) is 12.1 Å². The fourth-order valence-corrected chi connectivity index (χ4v) is 1.50. The summed E-state index contributed by atoms with van der Waals surface area (Å²) < 4.78 is 18.2. The predicted octanol–water partition coefficient (Wildman–Crippen LogP) is 2.11. The van der Waals surface area contributed by atoms with Crippen LogP contribution in [0.1, 0.15) is 17.3 Å². The lowest BCUT2D eigenvalue weighted by Gasteiger charge is -2.16. The second kappa shape index (κ2) is 6.35. The molecule has 0 saturated heterocycles. The summed E-state index contributed by atoms with van der Waals surface area (Å²) in [6, 6.07) is 3.74. The van der Waals surface area contributed by atoms with Crippen LogP contribution in [0.25, 0.3) is 0 Å². The molecule has 0 aliphatic rings. The maximum absolute atomic E-state index is 13.5. The molecule has 1 aromatic rings. The van der Waals surface area contributed by atoms with Crippen LogP contribution in [0.5, 0.6) is 0 Å². The number of halogens is 2. The maximum atomic E-state index is 13.5. The number of esters is 1. The largest absolute Gasteiger partial charge is 0.465 e.